The number of aromatic hydroxyl groups is 1. The number of nitrogens with two attached hydrogens (primary N) is 1. The SMILES string of the molecule is Cc1c(F)ccc(O)c1-c1cc(N)n(C)n1. The fourth-order valence-electron chi connectivity index (χ4n) is 1.60. The molecule has 0 amide bonds. The van der Waals surface area contributed by atoms with Gasteiger partial charge in [-0.15, -0.1) is 0 Å². The molecule has 0 radical (unpaired) electrons. The van der Waals surface area contributed by atoms with E-state index in [1.807, 2.05) is 0 Å². The summed E-state index contributed by atoms with van der Waals surface area (Å²) in [7, 11) is 1.69. The maximum Gasteiger partial charge on any atom is 0.127 e. The van der Waals surface area contributed by atoms with E-state index in [2.05, 4.69) is 5.10 Å². The van der Waals surface area contributed by atoms with E-state index in [0.717, 1.165) is 0 Å². The number of phenols is 1. The van der Waals surface area contributed by atoms with Gasteiger partial charge >= 0.3 is 0 Å². The van der Waals surface area contributed by atoms with E-state index in [4.69, 9.17) is 5.73 Å². The lowest BCUT2D eigenvalue weighted by atomic mass is 10.0. The number of aryl methyl sites for hydroxylation is 1. The van der Waals surface area contributed by atoms with Gasteiger partial charge in [0.15, 0.2) is 0 Å². The highest BCUT2D eigenvalue weighted by molar-refractivity contribution is 5.72. The Balaban J connectivity index is 2.68. The van der Waals surface area contributed by atoms with Crippen molar-refractivity contribution in [3.63, 3.8) is 0 Å². The zero-order chi connectivity index (χ0) is 11.9. The standard InChI is InChI=1S/C11H12FN3O/c1-6-7(12)3-4-9(16)11(6)8-5-10(13)15(2)14-8/h3-5,16H,13H2,1-2H3. The van der Waals surface area contributed by atoms with Crippen LogP contribution >= 0.6 is 0 Å². The zero-order valence-electron chi connectivity index (χ0n) is 9.03. The summed E-state index contributed by atoms with van der Waals surface area (Å²) >= 11 is 0. The van der Waals surface area contributed by atoms with Crippen LogP contribution in [0.1, 0.15) is 5.56 Å². The van der Waals surface area contributed by atoms with Crippen molar-refractivity contribution >= 4 is 5.82 Å². The molecule has 1 heterocycles. The third-order valence-electron chi connectivity index (χ3n) is 2.55. The summed E-state index contributed by atoms with van der Waals surface area (Å²) in [6, 6.07) is 4.13. The molecule has 5 heteroatoms. The van der Waals surface area contributed by atoms with Crippen molar-refractivity contribution in [2.24, 2.45) is 7.05 Å². The van der Waals surface area contributed by atoms with Crippen molar-refractivity contribution in [2.45, 2.75) is 6.92 Å². The molecule has 0 fully saturated rings. The van der Waals surface area contributed by atoms with Gasteiger partial charge in [-0.05, 0) is 24.6 Å². The first-order valence-electron chi connectivity index (χ1n) is 4.78. The molecule has 16 heavy (non-hydrogen) atoms. The van der Waals surface area contributed by atoms with Gasteiger partial charge in [0, 0.05) is 18.7 Å². The number of halogens is 1. The van der Waals surface area contributed by atoms with Gasteiger partial charge < -0.3 is 10.8 Å². The first kappa shape index (κ1) is 10.5. The van der Waals surface area contributed by atoms with E-state index in [-0.39, 0.29) is 11.6 Å². The van der Waals surface area contributed by atoms with Crippen LogP contribution in [0.15, 0.2) is 18.2 Å². The van der Waals surface area contributed by atoms with E-state index in [9.17, 15) is 9.50 Å². The second-order valence-corrected chi connectivity index (χ2v) is 3.64. The highest BCUT2D eigenvalue weighted by Crippen LogP contribution is 2.33. The van der Waals surface area contributed by atoms with Crippen molar-refractivity contribution in [2.75, 3.05) is 5.73 Å². The van der Waals surface area contributed by atoms with Crippen LogP contribution < -0.4 is 5.73 Å². The topological polar surface area (TPSA) is 64.1 Å². The van der Waals surface area contributed by atoms with Crippen molar-refractivity contribution in [3.05, 3.63) is 29.6 Å². The molecule has 0 aliphatic carbocycles. The average molecular weight is 221 g/mol. The van der Waals surface area contributed by atoms with Crippen molar-refractivity contribution in [1.29, 1.82) is 0 Å². The normalized spacial score (nSPS) is 10.7. The molecule has 0 atom stereocenters. The lowest BCUT2D eigenvalue weighted by Crippen LogP contribution is -1.97. The molecule has 3 N–H and O–H groups in total. The van der Waals surface area contributed by atoms with Crippen LogP contribution in [0.2, 0.25) is 0 Å². The van der Waals surface area contributed by atoms with E-state index in [1.165, 1.54) is 16.8 Å². The van der Waals surface area contributed by atoms with Gasteiger partial charge in [0.25, 0.3) is 0 Å². The molecule has 0 unspecified atom stereocenters. The van der Waals surface area contributed by atoms with Crippen LogP contribution in [0.3, 0.4) is 0 Å². The number of phenolic OH excluding ortho intramolecular Hbond substituents is 1. The number of nitrogens with zero attached hydrogens (tertiary/aromatic N) is 2. The Morgan fingerprint density at radius 3 is 2.69 bits per heavy atom. The first-order chi connectivity index (χ1) is 7.50. The second-order valence-electron chi connectivity index (χ2n) is 3.64. The molecule has 0 saturated carbocycles. The molecule has 2 aromatic rings. The number of aromatic nitrogens is 2. The summed E-state index contributed by atoms with van der Waals surface area (Å²) in [5, 5.41) is 13.8. The average Bonchev–Trinajstić information content (AvgIpc) is 2.54. The zero-order valence-corrected chi connectivity index (χ0v) is 9.03. The number of hydrogen-bond acceptors (Lipinski definition) is 3. The highest BCUT2D eigenvalue weighted by atomic mass is 19.1. The second kappa shape index (κ2) is 3.52. The Labute approximate surface area is 92.1 Å². The van der Waals surface area contributed by atoms with Crippen LogP contribution in [-0.4, -0.2) is 14.9 Å². The minimum absolute atomic E-state index is 0.00278. The monoisotopic (exact) mass is 221 g/mol. The molecule has 4 nitrogen and oxygen atoms in total. The van der Waals surface area contributed by atoms with Crippen molar-refractivity contribution in [1.82, 2.24) is 9.78 Å². The van der Waals surface area contributed by atoms with Gasteiger partial charge in [-0.3, -0.25) is 4.68 Å². The van der Waals surface area contributed by atoms with Gasteiger partial charge in [0.1, 0.15) is 17.4 Å². The predicted octanol–water partition coefficient (Wildman–Crippen LogP) is 1.82. The number of hydrogen-bond donors (Lipinski definition) is 2. The maximum absolute atomic E-state index is 13.4. The molecule has 0 aliphatic heterocycles. The molecule has 0 spiro atoms. The van der Waals surface area contributed by atoms with E-state index in [1.54, 1.807) is 20.0 Å². The molecule has 2 rings (SSSR count). The maximum atomic E-state index is 13.4. The summed E-state index contributed by atoms with van der Waals surface area (Å²) in [5.41, 5.74) is 6.85. The van der Waals surface area contributed by atoms with Gasteiger partial charge in [-0.25, -0.2) is 4.39 Å². The molecule has 1 aromatic carbocycles. The number of anilines is 1. The lowest BCUT2D eigenvalue weighted by Gasteiger charge is -2.06. The minimum atomic E-state index is -0.378. The summed E-state index contributed by atoms with van der Waals surface area (Å²) in [4.78, 5) is 0. The highest BCUT2D eigenvalue weighted by Gasteiger charge is 2.14. The first-order valence-corrected chi connectivity index (χ1v) is 4.78. The quantitative estimate of drug-likeness (QED) is 0.772. The summed E-state index contributed by atoms with van der Waals surface area (Å²) < 4.78 is 14.8. The van der Waals surface area contributed by atoms with Gasteiger partial charge in [-0.2, -0.15) is 5.10 Å². The molecule has 84 valence electrons. The summed E-state index contributed by atoms with van der Waals surface area (Å²) in [6.07, 6.45) is 0. The Hall–Kier alpha value is -2.04. The summed E-state index contributed by atoms with van der Waals surface area (Å²) in [5.74, 6) is 0.0760. The molecule has 0 saturated heterocycles. The van der Waals surface area contributed by atoms with Gasteiger partial charge in [-0.1, -0.05) is 0 Å². The number of nitrogen functional groups attached to an aromatic ring is 1. The van der Waals surface area contributed by atoms with Crippen LogP contribution in [0.5, 0.6) is 5.75 Å². The smallest absolute Gasteiger partial charge is 0.127 e. The van der Waals surface area contributed by atoms with Crippen molar-refractivity contribution < 1.29 is 9.50 Å². The minimum Gasteiger partial charge on any atom is -0.507 e. The van der Waals surface area contributed by atoms with Crippen LogP contribution in [0.4, 0.5) is 10.2 Å². The molecule has 0 aliphatic rings. The third kappa shape index (κ3) is 1.50. The number of benzene rings is 1. The van der Waals surface area contributed by atoms with E-state index >= 15 is 0 Å². The predicted molar refractivity (Wildman–Crippen MR) is 59.4 cm³/mol. The molecule has 0 bridgehead atoms. The Bertz CT molecular complexity index is 529. The lowest BCUT2D eigenvalue weighted by molar-refractivity contribution is 0.474. The number of rotatable bonds is 1. The fourth-order valence-corrected chi connectivity index (χ4v) is 1.60. The van der Waals surface area contributed by atoms with Gasteiger partial charge in [0.2, 0.25) is 0 Å². The van der Waals surface area contributed by atoms with E-state index < -0.39 is 0 Å². The van der Waals surface area contributed by atoms with Crippen LogP contribution in [0.25, 0.3) is 11.3 Å². The van der Waals surface area contributed by atoms with Crippen LogP contribution in [0, 0.1) is 12.7 Å². The summed E-state index contributed by atoms with van der Waals surface area (Å²) in [6.45, 7) is 1.59. The Kier molecular flexibility index (Phi) is 2.30. The third-order valence-corrected chi connectivity index (χ3v) is 2.55. The van der Waals surface area contributed by atoms with E-state index in [0.29, 0.717) is 22.6 Å². The largest absolute Gasteiger partial charge is 0.507 e. The fraction of sp³-hybridized carbons (Fsp3) is 0.182. The molecular weight excluding hydrogens is 209 g/mol. The Morgan fingerprint density at radius 2 is 2.12 bits per heavy atom. The molecular formula is C11H12FN3O. The van der Waals surface area contributed by atoms with Crippen molar-refractivity contribution in [3.8, 4) is 17.0 Å². The molecule has 1 aromatic heterocycles. The van der Waals surface area contributed by atoms with Gasteiger partial charge in [0.05, 0.1) is 5.69 Å². The van der Waals surface area contributed by atoms with Crippen LogP contribution in [-0.2, 0) is 7.05 Å². The Morgan fingerprint density at radius 1 is 1.44 bits per heavy atom.